The minimum atomic E-state index is -0.404. The van der Waals surface area contributed by atoms with Crippen molar-refractivity contribution in [1.29, 1.82) is 0 Å². The Morgan fingerprint density at radius 1 is 1.37 bits per heavy atom. The second kappa shape index (κ2) is 5.53. The van der Waals surface area contributed by atoms with Gasteiger partial charge < -0.3 is 9.64 Å². The van der Waals surface area contributed by atoms with Crippen LogP contribution in [0.4, 0.5) is 4.79 Å². The van der Waals surface area contributed by atoms with Gasteiger partial charge in [0.05, 0.1) is 0 Å². The molecule has 0 bridgehead atoms. The van der Waals surface area contributed by atoms with Gasteiger partial charge in [-0.25, -0.2) is 4.79 Å². The van der Waals surface area contributed by atoms with Crippen molar-refractivity contribution in [3.05, 3.63) is 21.9 Å². The van der Waals surface area contributed by atoms with Crippen molar-refractivity contribution in [3.63, 3.8) is 0 Å². The number of amides is 1. The van der Waals surface area contributed by atoms with Gasteiger partial charge in [0, 0.05) is 18.0 Å². The molecule has 0 spiro atoms. The number of hydrogen-bond donors (Lipinski definition) is 0. The molecular formula is C15H23NO2S. The van der Waals surface area contributed by atoms with Crippen LogP contribution in [-0.4, -0.2) is 29.7 Å². The van der Waals surface area contributed by atoms with Crippen molar-refractivity contribution in [1.82, 2.24) is 4.90 Å². The highest BCUT2D eigenvalue weighted by molar-refractivity contribution is 7.10. The average Bonchev–Trinajstić information content (AvgIpc) is 2.73. The molecule has 1 aromatic heterocycles. The van der Waals surface area contributed by atoms with Crippen LogP contribution in [0.15, 0.2) is 11.4 Å². The SMILES string of the molecule is Cc1ccsc1C1CCN(C(=O)OC(C)(C)C)CC1. The predicted molar refractivity (Wildman–Crippen MR) is 78.8 cm³/mol. The monoisotopic (exact) mass is 281 g/mol. The molecule has 1 aliphatic heterocycles. The summed E-state index contributed by atoms with van der Waals surface area (Å²) in [5.74, 6) is 0.610. The molecule has 3 nitrogen and oxygen atoms in total. The van der Waals surface area contributed by atoms with Crippen LogP contribution in [0.3, 0.4) is 0 Å². The number of aryl methyl sites for hydroxylation is 1. The number of ether oxygens (including phenoxy) is 1. The van der Waals surface area contributed by atoms with E-state index in [1.54, 1.807) is 0 Å². The Kier molecular flexibility index (Phi) is 4.19. The highest BCUT2D eigenvalue weighted by Crippen LogP contribution is 2.34. The molecule has 0 unspecified atom stereocenters. The summed E-state index contributed by atoms with van der Waals surface area (Å²) in [4.78, 5) is 15.3. The van der Waals surface area contributed by atoms with Crippen LogP contribution in [0.2, 0.25) is 0 Å². The lowest BCUT2D eigenvalue weighted by atomic mass is 9.93. The smallest absolute Gasteiger partial charge is 0.410 e. The highest BCUT2D eigenvalue weighted by atomic mass is 32.1. The van der Waals surface area contributed by atoms with Gasteiger partial charge >= 0.3 is 6.09 Å². The van der Waals surface area contributed by atoms with Crippen LogP contribution in [0.1, 0.15) is 50.0 Å². The molecule has 19 heavy (non-hydrogen) atoms. The molecule has 0 atom stereocenters. The molecule has 1 fully saturated rings. The number of hydrogen-bond acceptors (Lipinski definition) is 3. The Bertz CT molecular complexity index is 439. The predicted octanol–water partition coefficient (Wildman–Crippen LogP) is 4.17. The lowest BCUT2D eigenvalue weighted by molar-refractivity contribution is 0.0205. The summed E-state index contributed by atoms with van der Waals surface area (Å²) >= 11 is 1.84. The molecule has 106 valence electrons. The van der Waals surface area contributed by atoms with Crippen molar-refractivity contribution in [2.75, 3.05) is 13.1 Å². The zero-order valence-electron chi connectivity index (χ0n) is 12.2. The molecule has 0 saturated carbocycles. The second-order valence-electron chi connectivity index (χ2n) is 6.21. The Hall–Kier alpha value is -1.03. The zero-order chi connectivity index (χ0) is 14.0. The fourth-order valence-electron chi connectivity index (χ4n) is 2.45. The summed E-state index contributed by atoms with van der Waals surface area (Å²) in [6, 6.07) is 2.18. The minimum absolute atomic E-state index is 0.172. The van der Waals surface area contributed by atoms with E-state index in [9.17, 15) is 4.79 Å². The maximum Gasteiger partial charge on any atom is 0.410 e. The third kappa shape index (κ3) is 3.72. The molecule has 0 aromatic carbocycles. The van der Waals surface area contributed by atoms with E-state index in [0.29, 0.717) is 5.92 Å². The first-order chi connectivity index (χ1) is 8.87. The van der Waals surface area contributed by atoms with E-state index in [4.69, 9.17) is 4.74 Å². The summed E-state index contributed by atoms with van der Waals surface area (Å²) < 4.78 is 5.42. The van der Waals surface area contributed by atoms with Gasteiger partial charge in [0.1, 0.15) is 5.60 Å². The number of rotatable bonds is 1. The molecule has 1 aromatic rings. The van der Waals surface area contributed by atoms with Crippen molar-refractivity contribution in [3.8, 4) is 0 Å². The molecule has 1 saturated heterocycles. The standard InChI is InChI=1S/C15H23NO2S/c1-11-7-10-19-13(11)12-5-8-16(9-6-12)14(17)18-15(2,3)4/h7,10,12H,5-6,8-9H2,1-4H3. The van der Waals surface area contributed by atoms with E-state index in [0.717, 1.165) is 25.9 Å². The lowest BCUT2D eigenvalue weighted by Gasteiger charge is -2.33. The Morgan fingerprint density at radius 3 is 2.47 bits per heavy atom. The van der Waals surface area contributed by atoms with Crippen LogP contribution in [0.25, 0.3) is 0 Å². The number of thiophene rings is 1. The Morgan fingerprint density at radius 2 is 2.00 bits per heavy atom. The molecular weight excluding hydrogens is 258 g/mol. The van der Waals surface area contributed by atoms with Gasteiger partial charge in [-0.15, -0.1) is 11.3 Å². The van der Waals surface area contributed by atoms with Gasteiger partial charge in [0.25, 0.3) is 0 Å². The van der Waals surface area contributed by atoms with E-state index in [1.165, 1.54) is 10.4 Å². The molecule has 1 amide bonds. The second-order valence-corrected chi connectivity index (χ2v) is 7.16. The van der Waals surface area contributed by atoms with Gasteiger partial charge in [0.15, 0.2) is 0 Å². The topological polar surface area (TPSA) is 29.5 Å². The molecule has 0 N–H and O–H groups in total. The quantitative estimate of drug-likeness (QED) is 0.773. The van der Waals surface area contributed by atoms with Crippen molar-refractivity contribution < 1.29 is 9.53 Å². The fourth-order valence-corrected chi connectivity index (χ4v) is 3.55. The van der Waals surface area contributed by atoms with Gasteiger partial charge in [-0.2, -0.15) is 0 Å². The highest BCUT2D eigenvalue weighted by Gasteiger charge is 2.28. The van der Waals surface area contributed by atoms with Crippen molar-refractivity contribution in [2.45, 2.75) is 52.1 Å². The number of carbonyl (C=O) groups is 1. The van der Waals surface area contributed by atoms with Crippen LogP contribution in [-0.2, 0) is 4.74 Å². The first-order valence-electron chi connectivity index (χ1n) is 6.89. The molecule has 2 heterocycles. The van der Waals surface area contributed by atoms with E-state index in [2.05, 4.69) is 18.4 Å². The van der Waals surface area contributed by atoms with Gasteiger partial charge in [-0.05, 0) is 63.5 Å². The van der Waals surface area contributed by atoms with Crippen LogP contribution in [0.5, 0.6) is 0 Å². The van der Waals surface area contributed by atoms with Crippen molar-refractivity contribution >= 4 is 17.4 Å². The number of likely N-dealkylation sites (tertiary alicyclic amines) is 1. The molecule has 4 heteroatoms. The summed E-state index contributed by atoms with van der Waals surface area (Å²) in [7, 11) is 0. The molecule has 0 radical (unpaired) electrons. The molecule has 1 aliphatic rings. The minimum Gasteiger partial charge on any atom is -0.444 e. The van der Waals surface area contributed by atoms with E-state index in [1.807, 2.05) is 37.0 Å². The fraction of sp³-hybridized carbons (Fsp3) is 0.667. The molecule has 2 rings (SSSR count). The van der Waals surface area contributed by atoms with Gasteiger partial charge in [-0.1, -0.05) is 0 Å². The van der Waals surface area contributed by atoms with Crippen LogP contribution >= 0.6 is 11.3 Å². The first kappa shape index (κ1) is 14.4. The Labute approximate surface area is 119 Å². The van der Waals surface area contributed by atoms with Crippen molar-refractivity contribution in [2.24, 2.45) is 0 Å². The van der Waals surface area contributed by atoms with E-state index < -0.39 is 5.60 Å². The maximum absolute atomic E-state index is 12.0. The van der Waals surface area contributed by atoms with Crippen LogP contribution < -0.4 is 0 Å². The number of piperidine rings is 1. The van der Waals surface area contributed by atoms with E-state index >= 15 is 0 Å². The zero-order valence-corrected chi connectivity index (χ0v) is 13.0. The Balaban J connectivity index is 1.89. The first-order valence-corrected chi connectivity index (χ1v) is 7.77. The number of carbonyl (C=O) groups excluding carboxylic acids is 1. The third-order valence-corrected chi connectivity index (χ3v) is 4.60. The average molecular weight is 281 g/mol. The number of nitrogens with zero attached hydrogens (tertiary/aromatic N) is 1. The summed E-state index contributed by atoms with van der Waals surface area (Å²) in [6.07, 6.45) is 1.91. The summed E-state index contributed by atoms with van der Waals surface area (Å²) in [6.45, 7) is 9.51. The van der Waals surface area contributed by atoms with E-state index in [-0.39, 0.29) is 6.09 Å². The third-order valence-electron chi connectivity index (χ3n) is 3.42. The maximum atomic E-state index is 12.0. The van der Waals surface area contributed by atoms with Crippen LogP contribution in [0, 0.1) is 6.92 Å². The molecule has 0 aliphatic carbocycles. The summed E-state index contributed by atoms with van der Waals surface area (Å²) in [5, 5.41) is 2.16. The largest absolute Gasteiger partial charge is 0.444 e. The normalized spacial score (nSPS) is 17.6. The van der Waals surface area contributed by atoms with Gasteiger partial charge in [0.2, 0.25) is 0 Å². The lowest BCUT2D eigenvalue weighted by Crippen LogP contribution is -2.41. The summed E-state index contributed by atoms with van der Waals surface area (Å²) in [5.41, 5.74) is 0.985. The van der Waals surface area contributed by atoms with Gasteiger partial charge in [-0.3, -0.25) is 0 Å².